The van der Waals surface area contributed by atoms with Crippen molar-refractivity contribution in [2.24, 2.45) is 0 Å². The van der Waals surface area contributed by atoms with Crippen LogP contribution < -0.4 is 10.9 Å². The highest BCUT2D eigenvalue weighted by Gasteiger charge is 2.22. The number of likely N-dealkylation sites (N-methyl/N-ethyl adjacent to an activating group) is 1. The van der Waals surface area contributed by atoms with E-state index in [-0.39, 0.29) is 11.5 Å². The smallest absolute Gasteiger partial charge is 0.261 e. The summed E-state index contributed by atoms with van der Waals surface area (Å²) in [5, 5.41) is 5.55. The Morgan fingerprint density at radius 3 is 2.70 bits per heavy atom. The molecule has 1 amide bonds. The van der Waals surface area contributed by atoms with Gasteiger partial charge in [0.15, 0.2) is 0 Å². The van der Waals surface area contributed by atoms with Crippen LogP contribution in [0.25, 0.3) is 27.2 Å². The number of rotatable bonds is 4. The van der Waals surface area contributed by atoms with Crippen LogP contribution in [0.2, 0.25) is 0 Å². The second-order valence-corrected chi connectivity index (χ2v) is 7.07. The molecule has 0 spiro atoms. The molecular weight excluding hydrogens is 340 g/mol. The van der Waals surface area contributed by atoms with E-state index in [1.807, 2.05) is 61.5 Å². The number of nitrogens with zero attached hydrogens (tertiary/aromatic N) is 3. The Bertz CT molecular complexity index is 1130. The van der Waals surface area contributed by atoms with Gasteiger partial charge >= 0.3 is 0 Å². The normalized spacial score (nSPS) is 13.7. The van der Waals surface area contributed by atoms with Gasteiger partial charge in [-0.25, -0.2) is 4.98 Å². The number of allylic oxidation sites excluding steroid dienone is 1. The van der Waals surface area contributed by atoms with E-state index < -0.39 is 0 Å². The Morgan fingerprint density at radius 2 is 1.96 bits per heavy atom. The van der Waals surface area contributed by atoms with E-state index in [1.165, 1.54) is 0 Å². The van der Waals surface area contributed by atoms with Crippen LogP contribution in [0, 0.1) is 0 Å². The second kappa shape index (κ2) is 6.96. The van der Waals surface area contributed by atoms with Gasteiger partial charge in [-0.1, -0.05) is 30.3 Å². The molecule has 3 aromatic rings. The molecule has 0 radical (unpaired) electrons. The molecule has 0 bridgehead atoms. The number of nitrogens with one attached hydrogen (secondary N) is 1. The Labute approximate surface area is 157 Å². The molecule has 0 saturated carbocycles. The van der Waals surface area contributed by atoms with Crippen LogP contribution >= 0.6 is 0 Å². The van der Waals surface area contributed by atoms with Crippen molar-refractivity contribution in [3.8, 4) is 0 Å². The van der Waals surface area contributed by atoms with E-state index in [2.05, 4.69) is 5.32 Å². The van der Waals surface area contributed by atoms with Crippen molar-refractivity contribution < 1.29 is 4.79 Å². The number of benzene rings is 2. The predicted molar refractivity (Wildman–Crippen MR) is 108 cm³/mol. The van der Waals surface area contributed by atoms with E-state index in [0.717, 1.165) is 17.3 Å². The molecule has 0 saturated heterocycles. The predicted octanol–water partition coefficient (Wildman–Crippen LogP) is 2.01. The molecule has 1 aliphatic rings. The highest BCUT2D eigenvalue weighted by Crippen LogP contribution is 2.24. The van der Waals surface area contributed by atoms with E-state index >= 15 is 0 Å². The van der Waals surface area contributed by atoms with Gasteiger partial charge in [0.2, 0.25) is 0 Å². The van der Waals surface area contributed by atoms with Crippen LogP contribution in [0.1, 0.15) is 12.2 Å². The Morgan fingerprint density at radius 1 is 1.22 bits per heavy atom. The summed E-state index contributed by atoms with van der Waals surface area (Å²) in [5.41, 5.74) is 1.01. The Hall–Kier alpha value is -2.99. The molecule has 2 heterocycles. The molecule has 138 valence electrons. The molecule has 6 heteroatoms. The fourth-order valence-corrected chi connectivity index (χ4v) is 3.43. The van der Waals surface area contributed by atoms with Gasteiger partial charge in [0, 0.05) is 19.6 Å². The van der Waals surface area contributed by atoms with Gasteiger partial charge in [0.1, 0.15) is 5.82 Å². The van der Waals surface area contributed by atoms with Gasteiger partial charge in [0.05, 0.1) is 16.5 Å². The summed E-state index contributed by atoms with van der Waals surface area (Å²) in [4.78, 5) is 32.4. The molecule has 0 aliphatic carbocycles. The topological polar surface area (TPSA) is 67.2 Å². The molecule has 0 atom stereocenters. The fraction of sp³-hybridized carbons (Fsp3) is 0.286. The zero-order valence-corrected chi connectivity index (χ0v) is 15.5. The maximum absolute atomic E-state index is 13.0. The summed E-state index contributed by atoms with van der Waals surface area (Å²) < 4.78 is 1.62. The van der Waals surface area contributed by atoms with Crippen LogP contribution in [0.4, 0.5) is 0 Å². The van der Waals surface area contributed by atoms with E-state index in [9.17, 15) is 9.59 Å². The largest absolute Gasteiger partial charge is 0.351 e. The maximum atomic E-state index is 13.0. The van der Waals surface area contributed by atoms with E-state index in [1.54, 1.807) is 4.57 Å². The lowest BCUT2D eigenvalue weighted by molar-refractivity contribution is -0.115. The monoisotopic (exact) mass is 362 g/mol. The Kier molecular flexibility index (Phi) is 4.49. The average Bonchev–Trinajstić information content (AvgIpc) is 2.66. The van der Waals surface area contributed by atoms with Crippen LogP contribution in [-0.4, -0.2) is 47.5 Å². The quantitative estimate of drug-likeness (QED) is 0.721. The maximum Gasteiger partial charge on any atom is 0.261 e. The summed E-state index contributed by atoms with van der Waals surface area (Å²) in [7, 11) is 3.91. The summed E-state index contributed by atoms with van der Waals surface area (Å²) >= 11 is 0. The van der Waals surface area contributed by atoms with Crippen LogP contribution in [0.5, 0.6) is 0 Å². The number of carbonyl (C=O) groups is 1. The lowest BCUT2D eigenvalue weighted by Crippen LogP contribution is -2.35. The third-order valence-electron chi connectivity index (χ3n) is 4.85. The van der Waals surface area contributed by atoms with E-state index in [4.69, 9.17) is 4.98 Å². The third kappa shape index (κ3) is 3.24. The van der Waals surface area contributed by atoms with Gasteiger partial charge < -0.3 is 10.2 Å². The number of fused-ring (bicyclic) bond motifs is 3. The summed E-state index contributed by atoms with van der Waals surface area (Å²) in [6, 6.07) is 11.7. The first-order chi connectivity index (χ1) is 13.0. The van der Waals surface area contributed by atoms with Gasteiger partial charge in [-0.2, -0.15) is 0 Å². The van der Waals surface area contributed by atoms with Crippen molar-refractivity contribution in [1.29, 1.82) is 0 Å². The molecule has 6 nitrogen and oxygen atoms in total. The minimum atomic E-state index is -0.183. The van der Waals surface area contributed by atoms with Crippen LogP contribution in [-0.2, 0) is 11.3 Å². The van der Waals surface area contributed by atoms with Crippen LogP contribution in [0.3, 0.4) is 0 Å². The molecule has 4 rings (SSSR count). The zero-order chi connectivity index (χ0) is 19.0. The standard InChI is InChI=1S/C21H22N4O2/c1-24(2)11-9-22-20(26)16-8-5-10-25-19(16)23-18-13-15-7-4-3-6-14(15)12-17(18)21(25)27/h3-4,6-8,12-13H,5,9-11H2,1-2H3,(H,22,26). The minimum Gasteiger partial charge on any atom is -0.351 e. The van der Waals surface area contributed by atoms with Gasteiger partial charge in [-0.05, 0) is 43.4 Å². The minimum absolute atomic E-state index is 0.0903. The second-order valence-electron chi connectivity index (χ2n) is 7.07. The van der Waals surface area contributed by atoms with Crippen LogP contribution in [0.15, 0.2) is 47.3 Å². The Balaban J connectivity index is 1.79. The number of carbonyl (C=O) groups excluding carboxylic acids is 1. The molecule has 1 aromatic heterocycles. The average molecular weight is 362 g/mol. The summed E-state index contributed by atoms with van der Waals surface area (Å²) in [5.74, 6) is 0.272. The first-order valence-corrected chi connectivity index (χ1v) is 9.11. The van der Waals surface area contributed by atoms with Gasteiger partial charge in [0.25, 0.3) is 11.5 Å². The van der Waals surface area contributed by atoms with Crippen molar-refractivity contribution in [3.63, 3.8) is 0 Å². The lowest BCUT2D eigenvalue weighted by atomic mass is 10.1. The highest BCUT2D eigenvalue weighted by molar-refractivity contribution is 6.19. The fourth-order valence-electron chi connectivity index (χ4n) is 3.43. The molecular formula is C21H22N4O2. The van der Waals surface area contributed by atoms with Gasteiger partial charge in [-0.3, -0.25) is 14.2 Å². The lowest BCUT2D eigenvalue weighted by Gasteiger charge is -2.20. The SMILES string of the molecule is CN(C)CCNC(=O)C1=CCCn2c1nc1cc3ccccc3cc1c2=O. The molecule has 1 N–H and O–H groups in total. The molecule has 2 aromatic carbocycles. The first-order valence-electron chi connectivity index (χ1n) is 9.11. The number of hydrogen-bond acceptors (Lipinski definition) is 4. The highest BCUT2D eigenvalue weighted by atomic mass is 16.2. The number of hydrogen-bond donors (Lipinski definition) is 1. The van der Waals surface area contributed by atoms with Crippen molar-refractivity contribution in [3.05, 3.63) is 58.7 Å². The summed E-state index contributed by atoms with van der Waals surface area (Å²) in [6.07, 6.45) is 2.52. The van der Waals surface area contributed by atoms with Crippen molar-refractivity contribution in [2.75, 3.05) is 27.2 Å². The molecule has 1 aliphatic heterocycles. The summed E-state index contributed by atoms with van der Waals surface area (Å²) in [6.45, 7) is 1.84. The van der Waals surface area contributed by atoms with Crippen molar-refractivity contribution in [2.45, 2.75) is 13.0 Å². The molecule has 0 unspecified atom stereocenters. The van der Waals surface area contributed by atoms with E-state index in [0.29, 0.717) is 41.8 Å². The zero-order valence-electron chi connectivity index (χ0n) is 15.5. The molecule has 0 fully saturated rings. The van der Waals surface area contributed by atoms with Gasteiger partial charge in [-0.15, -0.1) is 0 Å². The third-order valence-corrected chi connectivity index (χ3v) is 4.85. The van der Waals surface area contributed by atoms with Crippen molar-refractivity contribution >= 4 is 33.2 Å². The molecule has 27 heavy (non-hydrogen) atoms. The van der Waals surface area contributed by atoms with Crippen molar-refractivity contribution in [1.82, 2.24) is 19.8 Å². The first kappa shape index (κ1) is 17.4. The number of amides is 1. The number of aromatic nitrogens is 2.